The van der Waals surface area contributed by atoms with Crippen molar-refractivity contribution in [3.63, 3.8) is 0 Å². The highest BCUT2D eigenvalue weighted by molar-refractivity contribution is 5.97. The van der Waals surface area contributed by atoms with Crippen LogP contribution in [0.25, 0.3) is 0 Å². The molecule has 1 saturated heterocycles. The zero-order valence-electron chi connectivity index (χ0n) is 21.3. The third-order valence-corrected chi connectivity index (χ3v) is 6.44. The summed E-state index contributed by atoms with van der Waals surface area (Å²) in [5, 5.41) is 2.97. The highest BCUT2D eigenvalue weighted by Crippen LogP contribution is 2.25. The molecular formula is C30H35N3O4. The third-order valence-electron chi connectivity index (χ3n) is 6.44. The van der Waals surface area contributed by atoms with Crippen LogP contribution in [0.15, 0.2) is 78.9 Å². The van der Waals surface area contributed by atoms with E-state index in [2.05, 4.69) is 5.32 Å². The molecule has 1 aliphatic heterocycles. The van der Waals surface area contributed by atoms with E-state index in [4.69, 9.17) is 15.2 Å². The van der Waals surface area contributed by atoms with Crippen molar-refractivity contribution in [2.45, 2.75) is 51.2 Å². The van der Waals surface area contributed by atoms with Crippen LogP contribution in [-0.4, -0.2) is 41.9 Å². The van der Waals surface area contributed by atoms with Crippen molar-refractivity contribution >= 4 is 11.8 Å². The predicted octanol–water partition coefficient (Wildman–Crippen LogP) is 4.44. The highest BCUT2D eigenvalue weighted by atomic mass is 16.5. The summed E-state index contributed by atoms with van der Waals surface area (Å²) in [6.07, 6.45) is 2.60. The van der Waals surface area contributed by atoms with Crippen LogP contribution in [0.1, 0.15) is 37.3 Å². The van der Waals surface area contributed by atoms with Gasteiger partial charge < -0.3 is 25.4 Å². The van der Waals surface area contributed by atoms with Gasteiger partial charge in [-0.05, 0) is 80.3 Å². The molecule has 0 aromatic heterocycles. The van der Waals surface area contributed by atoms with E-state index in [1.807, 2.05) is 85.8 Å². The molecule has 7 nitrogen and oxygen atoms in total. The molecule has 0 radical (unpaired) electrons. The van der Waals surface area contributed by atoms with Crippen molar-refractivity contribution in [2.75, 3.05) is 13.2 Å². The van der Waals surface area contributed by atoms with E-state index in [0.29, 0.717) is 38.3 Å². The van der Waals surface area contributed by atoms with Gasteiger partial charge in [0.15, 0.2) is 0 Å². The van der Waals surface area contributed by atoms with Gasteiger partial charge in [0.2, 0.25) is 11.8 Å². The first kappa shape index (κ1) is 26.2. The van der Waals surface area contributed by atoms with Gasteiger partial charge in [0.05, 0.1) is 6.61 Å². The Morgan fingerprint density at radius 3 is 2.16 bits per heavy atom. The number of nitrogens with zero attached hydrogens (tertiary/aromatic N) is 1. The minimum absolute atomic E-state index is 0.0733. The Bertz CT molecular complexity index is 1150. The van der Waals surface area contributed by atoms with Gasteiger partial charge in [-0.15, -0.1) is 0 Å². The van der Waals surface area contributed by atoms with Gasteiger partial charge in [-0.3, -0.25) is 9.59 Å². The molecule has 0 saturated carbocycles. The van der Waals surface area contributed by atoms with E-state index < -0.39 is 12.1 Å². The molecule has 37 heavy (non-hydrogen) atoms. The van der Waals surface area contributed by atoms with Crippen molar-refractivity contribution in [1.82, 2.24) is 10.2 Å². The summed E-state index contributed by atoms with van der Waals surface area (Å²) in [4.78, 5) is 28.5. The molecule has 1 heterocycles. The minimum atomic E-state index is -0.614. The maximum Gasteiger partial charge on any atom is 0.246 e. The summed E-state index contributed by atoms with van der Waals surface area (Å²) in [5.41, 5.74) is 7.57. The number of nitrogens with one attached hydrogen (secondary N) is 1. The Morgan fingerprint density at radius 1 is 0.838 bits per heavy atom. The standard InChI is InChI=1S/C30H35N3O4/c1-2-36-24-15-11-22(12-16-24)20-27-30(35)33(28(29(34)32-27)10-6-7-19-31)21-23-13-17-26(18-14-23)37-25-8-4-3-5-9-25/h3-5,8-9,11-18,27-28H,2,6-7,10,19-21,31H2,1H3,(H,32,34)/t27-,28-/m0/s1. The number of rotatable bonds is 12. The van der Waals surface area contributed by atoms with Gasteiger partial charge in [-0.1, -0.05) is 42.5 Å². The smallest absolute Gasteiger partial charge is 0.246 e. The molecule has 2 amide bonds. The SMILES string of the molecule is CCOc1ccc(C[C@@H]2NC(=O)[C@H](CCCCN)N(Cc3ccc(Oc4ccccc4)cc3)C2=O)cc1. The van der Waals surface area contributed by atoms with E-state index in [9.17, 15) is 9.59 Å². The van der Waals surface area contributed by atoms with E-state index in [-0.39, 0.29) is 11.8 Å². The number of benzene rings is 3. The molecule has 0 bridgehead atoms. The van der Waals surface area contributed by atoms with Crippen molar-refractivity contribution in [3.8, 4) is 17.2 Å². The lowest BCUT2D eigenvalue weighted by atomic mass is 9.97. The first-order valence-corrected chi connectivity index (χ1v) is 12.9. The molecule has 1 aliphatic rings. The fraction of sp³-hybridized carbons (Fsp3) is 0.333. The first-order chi connectivity index (χ1) is 18.1. The molecule has 0 unspecified atom stereocenters. The summed E-state index contributed by atoms with van der Waals surface area (Å²) >= 11 is 0. The largest absolute Gasteiger partial charge is 0.494 e. The molecule has 4 rings (SSSR count). The molecule has 194 valence electrons. The molecule has 1 fully saturated rings. The lowest BCUT2D eigenvalue weighted by Crippen LogP contribution is -2.63. The quantitative estimate of drug-likeness (QED) is 0.358. The fourth-order valence-electron chi connectivity index (χ4n) is 4.53. The molecule has 2 atom stereocenters. The minimum Gasteiger partial charge on any atom is -0.494 e. The lowest BCUT2D eigenvalue weighted by molar-refractivity contribution is -0.150. The van der Waals surface area contributed by atoms with Crippen LogP contribution in [0.5, 0.6) is 17.2 Å². The maximum absolute atomic E-state index is 13.6. The van der Waals surface area contributed by atoms with E-state index in [0.717, 1.165) is 35.5 Å². The van der Waals surface area contributed by atoms with Gasteiger partial charge in [0, 0.05) is 13.0 Å². The normalized spacial score (nSPS) is 17.4. The second-order valence-corrected chi connectivity index (χ2v) is 9.17. The Hall–Kier alpha value is -3.84. The summed E-state index contributed by atoms with van der Waals surface area (Å²) in [5.74, 6) is 2.07. The number of carbonyl (C=O) groups is 2. The monoisotopic (exact) mass is 501 g/mol. The maximum atomic E-state index is 13.6. The van der Waals surface area contributed by atoms with Crippen LogP contribution < -0.4 is 20.5 Å². The van der Waals surface area contributed by atoms with Crippen LogP contribution in [0.3, 0.4) is 0 Å². The van der Waals surface area contributed by atoms with Crippen molar-refractivity contribution in [1.29, 1.82) is 0 Å². The Morgan fingerprint density at radius 2 is 1.49 bits per heavy atom. The first-order valence-electron chi connectivity index (χ1n) is 12.9. The average molecular weight is 502 g/mol. The van der Waals surface area contributed by atoms with Crippen molar-refractivity contribution in [3.05, 3.63) is 90.0 Å². The van der Waals surface area contributed by atoms with Gasteiger partial charge in [-0.2, -0.15) is 0 Å². The molecule has 3 N–H and O–H groups in total. The van der Waals surface area contributed by atoms with Crippen molar-refractivity contribution < 1.29 is 19.1 Å². The van der Waals surface area contributed by atoms with Crippen LogP contribution in [0.4, 0.5) is 0 Å². The molecule has 3 aromatic rings. The van der Waals surface area contributed by atoms with Crippen molar-refractivity contribution in [2.24, 2.45) is 5.73 Å². The third kappa shape index (κ3) is 7.11. The van der Waals surface area contributed by atoms with E-state index >= 15 is 0 Å². The number of amides is 2. The van der Waals surface area contributed by atoms with Crippen LogP contribution in [0.2, 0.25) is 0 Å². The highest BCUT2D eigenvalue weighted by Gasteiger charge is 2.40. The van der Waals surface area contributed by atoms with Crippen LogP contribution in [-0.2, 0) is 22.6 Å². The second kappa shape index (κ2) is 12.9. The topological polar surface area (TPSA) is 93.9 Å². The van der Waals surface area contributed by atoms with Gasteiger partial charge in [0.25, 0.3) is 0 Å². The second-order valence-electron chi connectivity index (χ2n) is 9.17. The lowest BCUT2D eigenvalue weighted by Gasteiger charge is -2.39. The zero-order valence-corrected chi connectivity index (χ0v) is 21.3. The molecule has 0 spiro atoms. The van der Waals surface area contributed by atoms with Crippen LogP contribution >= 0.6 is 0 Å². The zero-order chi connectivity index (χ0) is 26.0. The Balaban J connectivity index is 1.48. The predicted molar refractivity (Wildman–Crippen MR) is 143 cm³/mol. The van der Waals surface area contributed by atoms with E-state index in [1.165, 1.54) is 0 Å². The summed E-state index contributed by atoms with van der Waals surface area (Å²) < 4.78 is 11.4. The molecule has 3 aromatic carbocycles. The summed E-state index contributed by atoms with van der Waals surface area (Å²) in [6.45, 7) is 3.44. The Kier molecular flexibility index (Phi) is 9.16. The van der Waals surface area contributed by atoms with E-state index in [1.54, 1.807) is 4.90 Å². The number of para-hydroxylation sites is 1. The van der Waals surface area contributed by atoms with Gasteiger partial charge in [-0.25, -0.2) is 0 Å². The van der Waals surface area contributed by atoms with Gasteiger partial charge in [0.1, 0.15) is 29.3 Å². The number of ether oxygens (including phenoxy) is 2. The number of nitrogens with two attached hydrogens (primary N) is 1. The molecule has 0 aliphatic carbocycles. The number of unbranched alkanes of at least 4 members (excludes halogenated alkanes) is 1. The summed E-state index contributed by atoms with van der Waals surface area (Å²) in [7, 11) is 0. The summed E-state index contributed by atoms with van der Waals surface area (Å²) in [6, 6.07) is 23.8. The fourth-order valence-corrected chi connectivity index (χ4v) is 4.53. The molecule has 7 heteroatoms. The number of hydrogen-bond acceptors (Lipinski definition) is 5. The average Bonchev–Trinajstić information content (AvgIpc) is 2.91. The van der Waals surface area contributed by atoms with Gasteiger partial charge >= 0.3 is 0 Å². The number of piperazine rings is 1. The van der Waals surface area contributed by atoms with Crippen LogP contribution in [0, 0.1) is 0 Å². The number of hydrogen-bond donors (Lipinski definition) is 2. The Labute approximate surface area is 218 Å². The molecular weight excluding hydrogens is 466 g/mol. The number of carbonyl (C=O) groups excluding carboxylic acids is 2.